The molecule has 0 radical (unpaired) electrons. The minimum absolute atomic E-state index is 0.0133. The van der Waals surface area contributed by atoms with Crippen molar-refractivity contribution in [3.8, 4) is 0 Å². The van der Waals surface area contributed by atoms with Crippen LogP contribution in [0.2, 0.25) is 0 Å². The highest BCUT2D eigenvalue weighted by Gasteiger charge is 2.24. The van der Waals surface area contributed by atoms with E-state index in [1.54, 1.807) is 0 Å². The Morgan fingerprint density at radius 2 is 2.15 bits per heavy atom. The number of carboxylic acids is 1. The van der Waals surface area contributed by atoms with Crippen LogP contribution in [0.4, 0.5) is 0 Å². The van der Waals surface area contributed by atoms with Crippen molar-refractivity contribution in [2.24, 2.45) is 5.92 Å². The van der Waals surface area contributed by atoms with E-state index in [1.165, 1.54) is 0 Å². The van der Waals surface area contributed by atoms with Crippen molar-refractivity contribution in [1.82, 2.24) is 4.90 Å². The summed E-state index contributed by atoms with van der Waals surface area (Å²) in [5.41, 5.74) is 0. The molecule has 0 aromatic rings. The molecule has 0 aliphatic carbocycles. The Labute approximate surface area is 76.8 Å². The molecule has 4 heteroatoms. The van der Waals surface area contributed by atoms with E-state index in [-0.39, 0.29) is 11.7 Å². The summed E-state index contributed by atoms with van der Waals surface area (Å²) < 4.78 is 0. The Hall–Kier alpha value is -1.16. The summed E-state index contributed by atoms with van der Waals surface area (Å²) in [5.74, 6) is -1.16. The summed E-state index contributed by atoms with van der Waals surface area (Å²) >= 11 is 0. The van der Waals surface area contributed by atoms with E-state index >= 15 is 0 Å². The number of allylic oxidation sites excluding steroid dienone is 1. The van der Waals surface area contributed by atoms with E-state index in [9.17, 15) is 9.59 Å². The van der Waals surface area contributed by atoms with E-state index in [0.29, 0.717) is 0 Å². The van der Waals surface area contributed by atoms with Crippen LogP contribution >= 0.6 is 0 Å². The molecule has 1 rings (SSSR count). The first-order valence-corrected chi connectivity index (χ1v) is 4.23. The van der Waals surface area contributed by atoms with Crippen molar-refractivity contribution in [1.29, 1.82) is 0 Å². The van der Waals surface area contributed by atoms with Gasteiger partial charge in [0.15, 0.2) is 5.78 Å². The molecule has 0 amide bonds. The molecule has 1 fully saturated rings. The lowest BCUT2D eigenvalue weighted by Gasteiger charge is -2.05. The fraction of sp³-hybridized carbons (Fsp3) is 0.556. The molecule has 1 aliphatic heterocycles. The molecule has 0 bridgehead atoms. The molecule has 0 saturated carbocycles. The van der Waals surface area contributed by atoms with Crippen LogP contribution in [0.1, 0.15) is 6.42 Å². The van der Waals surface area contributed by atoms with Crippen LogP contribution in [0.3, 0.4) is 0 Å². The topological polar surface area (TPSA) is 57.6 Å². The average Bonchev–Trinajstić information content (AvgIpc) is 2.47. The van der Waals surface area contributed by atoms with Crippen molar-refractivity contribution < 1.29 is 14.7 Å². The smallest absolute Gasteiger partial charge is 0.328 e. The number of ketones is 1. The zero-order valence-electron chi connectivity index (χ0n) is 7.56. The van der Waals surface area contributed by atoms with Gasteiger partial charge in [-0.25, -0.2) is 4.79 Å². The molecular weight excluding hydrogens is 170 g/mol. The van der Waals surface area contributed by atoms with Crippen LogP contribution in [0.25, 0.3) is 0 Å². The van der Waals surface area contributed by atoms with Gasteiger partial charge in [0.25, 0.3) is 0 Å². The minimum atomic E-state index is -1.07. The SMILES string of the molecule is CN1CCC(C(=O)/C=C/C(=O)O)C1. The third-order valence-corrected chi connectivity index (χ3v) is 2.18. The van der Waals surface area contributed by atoms with E-state index < -0.39 is 5.97 Å². The lowest BCUT2D eigenvalue weighted by Crippen LogP contribution is -2.18. The lowest BCUT2D eigenvalue weighted by molar-refractivity contribution is -0.131. The third-order valence-electron chi connectivity index (χ3n) is 2.18. The second-order valence-corrected chi connectivity index (χ2v) is 3.32. The van der Waals surface area contributed by atoms with E-state index in [1.807, 2.05) is 7.05 Å². The fourth-order valence-electron chi connectivity index (χ4n) is 1.46. The molecular formula is C9H13NO3. The first-order valence-electron chi connectivity index (χ1n) is 4.23. The maximum atomic E-state index is 11.3. The Bertz CT molecular complexity index is 247. The first kappa shape index (κ1) is 9.92. The molecule has 13 heavy (non-hydrogen) atoms. The molecule has 1 atom stereocenters. The van der Waals surface area contributed by atoms with Gasteiger partial charge in [-0.05, 0) is 26.1 Å². The van der Waals surface area contributed by atoms with Gasteiger partial charge >= 0.3 is 5.97 Å². The molecule has 1 N–H and O–H groups in total. The van der Waals surface area contributed by atoms with Crippen LogP contribution in [0.15, 0.2) is 12.2 Å². The van der Waals surface area contributed by atoms with Crippen LogP contribution < -0.4 is 0 Å². The second kappa shape index (κ2) is 4.18. The van der Waals surface area contributed by atoms with E-state index in [2.05, 4.69) is 4.90 Å². The van der Waals surface area contributed by atoms with Gasteiger partial charge in [-0.15, -0.1) is 0 Å². The Balaban J connectivity index is 2.44. The van der Waals surface area contributed by atoms with Gasteiger partial charge in [-0.2, -0.15) is 0 Å². The number of hydrogen-bond donors (Lipinski definition) is 1. The predicted molar refractivity (Wildman–Crippen MR) is 47.4 cm³/mol. The van der Waals surface area contributed by atoms with Crippen LogP contribution in [-0.2, 0) is 9.59 Å². The van der Waals surface area contributed by atoms with Crippen molar-refractivity contribution in [3.05, 3.63) is 12.2 Å². The molecule has 1 heterocycles. The minimum Gasteiger partial charge on any atom is -0.478 e. The normalized spacial score (nSPS) is 23.9. The van der Waals surface area contributed by atoms with Crippen LogP contribution in [0.5, 0.6) is 0 Å². The number of carboxylic acid groups (broad SMARTS) is 1. The first-order chi connectivity index (χ1) is 6.09. The molecule has 0 aromatic heterocycles. The Kier molecular flexibility index (Phi) is 3.19. The van der Waals surface area contributed by atoms with Gasteiger partial charge in [0.1, 0.15) is 0 Å². The van der Waals surface area contributed by atoms with Gasteiger partial charge in [0, 0.05) is 18.5 Å². The second-order valence-electron chi connectivity index (χ2n) is 3.32. The molecule has 4 nitrogen and oxygen atoms in total. The zero-order chi connectivity index (χ0) is 9.84. The average molecular weight is 183 g/mol. The number of aliphatic carboxylic acids is 1. The van der Waals surface area contributed by atoms with Crippen LogP contribution in [-0.4, -0.2) is 41.9 Å². The number of hydrogen-bond acceptors (Lipinski definition) is 3. The Morgan fingerprint density at radius 3 is 2.62 bits per heavy atom. The molecule has 72 valence electrons. The number of nitrogens with zero attached hydrogens (tertiary/aromatic N) is 1. The zero-order valence-corrected chi connectivity index (χ0v) is 7.56. The quantitative estimate of drug-likeness (QED) is 0.633. The number of rotatable bonds is 3. The fourth-order valence-corrected chi connectivity index (χ4v) is 1.46. The standard InChI is InChI=1S/C9H13NO3/c1-10-5-4-7(6-10)8(11)2-3-9(12)13/h2-3,7H,4-6H2,1H3,(H,12,13)/b3-2+. The largest absolute Gasteiger partial charge is 0.478 e. The van der Waals surface area contributed by atoms with Crippen molar-refractivity contribution >= 4 is 11.8 Å². The summed E-state index contributed by atoms with van der Waals surface area (Å²) in [6.07, 6.45) is 2.89. The molecule has 0 spiro atoms. The number of carbonyl (C=O) groups excluding carboxylic acids is 1. The highest BCUT2D eigenvalue weighted by atomic mass is 16.4. The lowest BCUT2D eigenvalue weighted by atomic mass is 10.0. The van der Waals surface area contributed by atoms with Crippen molar-refractivity contribution in [3.63, 3.8) is 0 Å². The summed E-state index contributed by atoms with van der Waals surface area (Å²) in [6.45, 7) is 1.65. The van der Waals surface area contributed by atoms with Gasteiger partial charge in [0.05, 0.1) is 0 Å². The molecule has 1 saturated heterocycles. The Morgan fingerprint density at radius 1 is 1.46 bits per heavy atom. The maximum absolute atomic E-state index is 11.3. The number of likely N-dealkylation sites (tertiary alicyclic amines) is 1. The third kappa shape index (κ3) is 2.99. The van der Waals surface area contributed by atoms with Crippen molar-refractivity contribution in [2.45, 2.75) is 6.42 Å². The van der Waals surface area contributed by atoms with Gasteiger partial charge in [-0.3, -0.25) is 4.79 Å². The highest BCUT2D eigenvalue weighted by molar-refractivity contribution is 5.96. The summed E-state index contributed by atoms with van der Waals surface area (Å²) in [6, 6.07) is 0. The monoisotopic (exact) mass is 183 g/mol. The summed E-state index contributed by atoms with van der Waals surface area (Å²) in [5, 5.41) is 8.31. The predicted octanol–water partition coefficient (Wildman–Crippen LogP) is 0.148. The highest BCUT2D eigenvalue weighted by Crippen LogP contribution is 2.15. The summed E-state index contributed by atoms with van der Waals surface area (Å²) in [7, 11) is 1.95. The molecule has 0 aromatic carbocycles. The van der Waals surface area contributed by atoms with E-state index in [4.69, 9.17) is 5.11 Å². The van der Waals surface area contributed by atoms with Crippen molar-refractivity contribution in [2.75, 3.05) is 20.1 Å². The van der Waals surface area contributed by atoms with Gasteiger partial charge < -0.3 is 10.0 Å². The molecule has 1 aliphatic rings. The molecule has 1 unspecified atom stereocenters. The maximum Gasteiger partial charge on any atom is 0.328 e. The van der Waals surface area contributed by atoms with Crippen LogP contribution in [0, 0.1) is 5.92 Å². The number of carbonyl (C=O) groups is 2. The summed E-state index contributed by atoms with van der Waals surface area (Å²) in [4.78, 5) is 23.5. The van der Waals surface area contributed by atoms with E-state index in [0.717, 1.165) is 31.7 Å². The van der Waals surface area contributed by atoms with Gasteiger partial charge in [-0.1, -0.05) is 0 Å². The van der Waals surface area contributed by atoms with Gasteiger partial charge in [0.2, 0.25) is 0 Å².